The van der Waals surface area contributed by atoms with E-state index >= 15 is 0 Å². The molecule has 1 aromatic carbocycles. The van der Waals surface area contributed by atoms with E-state index in [9.17, 15) is 4.79 Å². The van der Waals surface area contributed by atoms with Crippen molar-refractivity contribution in [1.82, 2.24) is 9.88 Å². The van der Waals surface area contributed by atoms with Crippen LogP contribution in [0.1, 0.15) is 31.5 Å². The number of hydrogen-bond acceptors (Lipinski definition) is 4. The average molecular weight is 366 g/mol. The van der Waals surface area contributed by atoms with Gasteiger partial charge in [-0.2, -0.15) is 0 Å². The molecule has 3 aliphatic rings. The van der Waals surface area contributed by atoms with Crippen LogP contribution < -0.4 is 0 Å². The SMILES string of the molecule is COC(=O)C1=CO[C@@H](C)[C@H]2CN3CCc4c([nH]c5ccccc45)C3(C)CC12. The van der Waals surface area contributed by atoms with Crippen molar-refractivity contribution in [3.8, 4) is 0 Å². The molecule has 0 amide bonds. The van der Waals surface area contributed by atoms with E-state index in [0.29, 0.717) is 11.5 Å². The summed E-state index contributed by atoms with van der Waals surface area (Å²) in [5.74, 6) is 0.199. The third kappa shape index (κ3) is 2.30. The highest BCUT2D eigenvalue weighted by molar-refractivity contribution is 5.89. The largest absolute Gasteiger partial charge is 0.497 e. The van der Waals surface area contributed by atoms with E-state index in [-0.39, 0.29) is 23.5 Å². The molecule has 2 aromatic rings. The maximum atomic E-state index is 12.4. The molecule has 0 bridgehead atoms. The zero-order chi connectivity index (χ0) is 18.8. The lowest BCUT2D eigenvalue weighted by molar-refractivity contribution is -0.140. The first-order chi connectivity index (χ1) is 13.0. The molecule has 1 aromatic heterocycles. The van der Waals surface area contributed by atoms with Crippen molar-refractivity contribution in [2.75, 3.05) is 20.2 Å². The van der Waals surface area contributed by atoms with Gasteiger partial charge in [-0.25, -0.2) is 4.79 Å². The van der Waals surface area contributed by atoms with Gasteiger partial charge in [0, 0.05) is 41.5 Å². The zero-order valence-electron chi connectivity index (χ0n) is 16.1. The third-order valence-corrected chi connectivity index (χ3v) is 7.08. The summed E-state index contributed by atoms with van der Waals surface area (Å²) in [6, 6.07) is 8.56. The van der Waals surface area contributed by atoms with E-state index < -0.39 is 0 Å². The molecular formula is C22H26N2O3. The van der Waals surface area contributed by atoms with Gasteiger partial charge in [0.15, 0.2) is 0 Å². The normalized spacial score (nSPS) is 32.7. The Bertz CT molecular complexity index is 946. The summed E-state index contributed by atoms with van der Waals surface area (Å²) in [7, 11) is 1.45. The monoisotopic (exact) mass is 366 g/mol. The van der Waals surface area contributed by atoms with E-state index in [4.69, 9.17) is 9.47 Å². The molecule has 5 heteroatoms. The summed E-state index contributed by atoms with van der Waals surface area (Å²) in [6.07, 6.45) is 3.70. The van der Waals surface area contributed by atoms with Gasteiger partial charge in [0.25, 0.3) is 0 Å². The summed E-state index contributed by atoms with van der Waals surface area (Å²) in [6.45, 7) is 6.42. The molecule has 5 nitrogen and oxygen atoms in total. The lowest BCUT2D eigenvalue weighted by Crippen LogP contribution is -2.59. The highest BCUT2D eigenvalue weighted by Crippen LogP contribution is 2.50. The van der Waals surface area contributed by atoms with Crippen LogP contribution in [0, 0.1) is 11.8 Å². The molecule has 3 aliphatic heterocycles. The first-order valence-corrected chi connectivity index (χ1v) is 9.82. The van der Waals surface area contributed by atoms with Crippen LogP contribution in [0.15, 0.2) is 36.1 Å². The standard InChI is InChI=1S/C22H26N2O3/c1-13-17-11-24-9-8-15-14-6-4-5-7-19(14)23-20(15)22(24,2)10-16(17)18(12-27-13)21(25)26-3/h4-7,12-13,16-17,23H,8-11H2,1-3H3/t13-,16?,17+,22?/m0/s1. The molecule has 27 heavy (non-hydrogen) atoms. The number of rotatable bonds is 1. The quantitative estimate of drug-likeness (QED) is 0.787. The Hall–Kier alpha value is -2.27. The highest BCUT2D eigenvalue weighted by atomic mass is 16.5. The molecule has 0 saturated carbocycles. The minimum atomic E-state index is -0.262. The molecule has 4 atom stereocenters. The molecule has 0 spiro atoms. The number of piperidine rings is 1. The number of carbonyl (C=O) groups excluding carboxylic acids is 1. The summed E-state index contributed by atoms with van der Waals surface area (Å²) in [4.78, 5) is 18.7. The Labute approximate surface area is 159 Å². The highest BCUT2D eigenvalue weighted by Gasteiger charge is 2.52. The van der Waals surface area contributed by atoms with Crippen molar-refractivity contribution in [3.63, 3.8) is 0 Å². The van der Waals surface area contributed by atoms with Crippen LogP contribution in [0.2, 0.25) is 0 Å². The number of methoxy groups -OCH3 is 1. The van der Waals surface area contributed by atoms with Crippen LogP contribution in [0.5, 0.6) is 0 Å². The van der Waals surface area contributed by atoms with Crippen LogP contribution in [0.4, 0.5) is 0 Å². The van der Waals surface area contributed by atoms with Gasteiger partial charge < -0.3 is 14.5 Å². The number of nitrogens with zero attached hydrogens (tertiary/aromatic N) is 1. The minimum Gasteiger partial charge on any atom is -0.497 e. The first-order valence-electron chi connectivity index (χ1n) is 9.82. The van der Waals surface area contributed by atoms with Crippen molar-refractivity contribution in [2.45, 2.75) is 38.3 Å². The van der Waals surface area contributed by atoms with Gasteiger partial charge in [-0.3, -0.25) is 4.90 Å². The van der Waals surface area contributed by atoms with E-state index in [1.54, 1.807) is 6.26 Å². The number of carbonyl (C=O) groups is 1. The molecule has 4 heterocycles. The lowest BCUT2D eigenvalue weighted by Gasteiger charge is -2.55. The smallest absolute Gasteiger partial charge is 0.337 e. The van der Waals surface area contributed by atoms with Gasteiger partial charge in [-0.15, -0.1) is 0 Å². The molecular weight excluding hydrogens is 340 g/mol. The van der Waals surface area contributed by atoms with Crippen LogP contribution >= 0.6 is 0 Å². The zero-order valence-corrected chi connectivity index (χ0v) is 16.1. The number of para-hydroxylation sites is 1. The first kappa shape index (κ1) is 16.9. The maximum absolute atomic E-state index is 12.4. The van der Waals surface area contributed by atoms with E-state index in [1.165, 1.54) is 29.3 Å². The van der Waals surface area contributed by atoms with Crippen molar-refractivity contribution in [1.29, 1.82) is 0 Å². The number of benzene rings is 1. The minimum absolute atomic E-state index is 0.108. The Morgan fingerprint density at radius 3 is 3.00 bits per heavy atom. The summed E-state index contributed by atoms with van der Waals surface area (Å²) >= 11 is 0. The maximum Gasteiger partial charge on any atom is 0.337 e. The molecule has 1 N–H and O–H groups in total. The second kappa shape index (κ2) is 5.86. The molecule has 1 saturated heterocycles. The number of ether oxygens (including phenoxy) is 2. The van der Waals surface area contributed by atoms with Gasteiger partial charge in [0.05, 0.1) is 30.6 Å². The van der Waals surface area contributed by atoms with Crippen molar-refractivity contribution in [2.24, 2.45) is 11.8 Å². The molecule has 2 unspecified atom stereocenters. The number of aromatic nitrogens is 1. The van der Waals surface area contributed by atoms with Crippen molar-refractivity contribution in [3.05, 3.63) is 47.4 Å². The molecule has 5 rings (SSSR count). The molecule has 0 radical (unpaired) electrons. The van der Waals surface area contributed by atoms with Crippen LogP contribution in [0.25, 0.3) is 10.9 Å². The second-order valence-corrected chi connectivity index (χ2v) is 8.37. The van der Waals surface area contributed by atoms with Crippen molar-refractivity contribution >= 4 is 16.9 Å². The van der Waals surface area contributed by atoms with Crippen LogP contribution in [-0.2, 0) is 26.2 Å². The number of esters is 1. The average Bonchev–Trinajstić information content (AvgIpc) is 3.06. The summed E-state index contributed by atoms with van der Waals surface area (Å²) < 4.78 is 10.9. The fourth-order valence-corrected chi connectivity index (χ4v) is 5.56. The molecule has 1 fully saturated rings. The topological polar surface area (TPSA) is 54.6 Å². The molecule has 142 valence electrons. The Balaban J connectivity index is 1.61. The predicted molar refractivity (Wildman–Crippen MR) is 103 cm³/mol. The van der Waals surface area contributed by atoms with Gasteiger partial charge in [-0.05, 0) is 38.3 Å². The summed E-state index contributed by atoms with van der Waals surface area (Å²) in [5, 5.41) is 1.33. The fourth-order valence-electron chi connectivity index (χ4n) is 5.56. The number of nitrogens with one attached hydrogen (secondary N) is 1. The third-order valence-electron chi connectivity index (χ3n) is 7.08. The van der Waals surface area contributed by atoms with E-state index in [2.05, 4.69) is 48.0 Å². The van der Waals surface area contributed by atoms with Gasteiger partial charge in [0.1, 0.15) is 0 Å². The summed E-state index contributed by atoms with van der Waals surface area (Å²) in [5.41, 5.74) is 4.53. The number of fused-ring (bicyclic) bond motifs is 6. The Kier molecular flexibility index (Phi) is 3.66. The van der Waals surface area contributed by atoms with Gasteiger partial charge in [0.2, 0.25) is 0 Å². The van der Waals surface area contributed by atoms with Crippen molar-refractivity contribution < 1.29 is 14.3 Å². The Morgan fingerprint density at radius 2 is 2.19 bits per heavy atom. The lowest BCUT2D eigenvalue weighted by atomic mass is 9.67. The van der Waals surface area contributed by atoms with Gasteiger partial charge >= 0.3 is 5.97 Å². The Morgan fingerprint density at radius 1 is 1.37 bits per heavy atom. The molecule has 0 aliphatic carbocycles. The van der Waals surface area contributed by atoms with E-state index in [1.807, 2.05) is 0 Å². The fraction of sp³-hybridized carbons (Fsp3) is 0.500. The van der Waals surface area contributed by atoms with E-state index in [0.717, 1.165) is 25.9 Å². The van der Waals surface area contributed by atoms with Gasteiger partial charge in [-0.1, -0.05) is 18.2 Å². The van der Waals surface area contributed by atoms with Crippen LogP contribution in [0.3, 0.4) is 0 Å². The number of H-pyrrole nitrogens is 1. The number of aromatic amines is 1. The predicted octanol–water partition coefficient (Wildman–Crippen LogP) is 3.35. The number of hydrogen-bond donors (Lipinski definition) is 1. The second-order valence-electron chi connectivity index (χ2n) is 8.37. The van der Waals surface area contributed by atoms with Crippen LogP contribution in [-0.4, -0.2) is 42.2 Å².